The average molecular weight is 253 g/mol. The Morgan fingerprint density at radius 1 is 1.18 bits per heavy atom. The zero-order chi connectivity index (χ0) is 11.9. The largest absolute Gasteiger partial charge is 0.312 e. The summed E-state index contributed by atoms with van der Waals surface area (Å²) in [4.78, 5) is 4.02. The SMILES string of the molecule is ClCC1CCCCC1CNCc1ccncc1. The van der Waals surface area contributed by atoms with Gasteiger partial charge in [-0.15, -0.1) is 11.6 Å². The first kappa shape index (κ1) is 12.8. The van der Waals surface area contributed by atoms with Crippen LogP contribution in [0.2, 0.25) is 0 Å². The molecule has 1 N–H and O–H groups in total. The van der Waals surface area contributed by atoms with Crippen molar-refractivity contribution in [2.24, 2.45) is 11.8 Å². The topological polar surface area (TPSA) is 24.9 Å². The van der Waals surface area contributed by atoms with Crippen LogP contribution in [0.3, 0.4) is 0 Å². The zero-order valence-electron chi connectivity index (χ0n) is 10.2. The van der Waals surface area contributed by atoms with E-state index in [1.165, 1.54) is 31.2 Å². The van der Waals surface area contributed by atoms with Crippen molar-refractivity contribution < 1.29 is 0 Å². The fraction of sp³-hybridized carbons (Fsp3) is 0.643. The van der Waals surface area contributed by atoms with Crippen LogP contribution in [-0.4, -0.2) is 17.4 Å². The smallest absolute Gasteiger partial charge is 0.0271 e. The highest BCUT2D eigenvalue weighted by Crippen LogP contribution is 2.30. The number of alkyl halides is 1. The summed E-state index contributed by atoms with van der Waals surface area (Å²) in [5.74, 6) is 2.31. The first-order chi connectivity index (χ1) is 8.40. The average Bonchev–Trinajstić information content (AvgIpc) is 2.40. The molecule has 0 saturated heterocycles. The van der Waals surface area contributed by atoms with Crippen LogP contribution in [0, 0.1) is 11.8 Å². The lowest BCUT2D eigenvalue weighted by Gasteiger charge is -2.30. The molecule has 1 aromatic heterocycles. The van der Waals surface area contributed by atoms with Crippen LogP contribution in [0.5, 0.6) is 0 Å². The van der Waals surface area contributed by atoms with Crippen molar-refractivity contribution in [3.05, 3.63) is 30.1 Å². The number of hydrogen-bond acceptors (Lipinski definition) is 2. The van der Waals surface area contributed by atoms with E-state index in [2.05, 4.69) is 22.4 Å². The van der Waals surface area contributed by atoms with Gasteiger partial charge in [0.1, 0.15) is 0 Å². The standard InChI is InChI=1S/C14H21ClN2/c15-9-13-3-1-2-4-14(13)11-17-10-12-5-7-16-8-6-12/h5-8,13-14,17H,1-4,9-11H2. The van der Waals surface area contributed by atoms with Crippen LogP contribution in [0.15, 0.2) is 24.5 Å². The minimum atomic E-state index is 0.718. The Labute approximate surface area is 109 Å². The second kappa shape index (κ2) is 6.97. The Morgan fingerprint density at radius 3 is 2.59 bits per heavy atom. The minimum Gasteiger partial charge on any atom is -0.312 e. The fourth-order valence-electron chi connectivity index (χ4n) is 2.66. The van der Waals surface area contributed by atoms with Crippen molar-refractivity contribution in [2.45, 2.75) is 32.2 Å². The van der Waals surface area contributed by atoms with Crippen molar-refractivity contribution in [3.8, 4) is 0 Å². The molecule has 2 rings (SSSR count). The van der Waals surface area contributed by atoms with Gasteiger partial charge in [0.05, 0.1) is 0 Å². The van der Waals surface area contributed by atoms with Crippen LogP contribution >= 0.6 is 11.6 Å². The molecular weight excluding hydrogens is 232 g/mol. The predicted octanol–water partition coefficient (Wildman–Crippen LogP) is 3.22. The van der Waals surface area contributed by atoms with Gasteiger partial charge < -0.3 is 5.32 Å². The van der Waals surface area contributed by atoms with Crippen LogP contribution in [0.25, 0.3) is 0 Å². The molecule has 0 bridgehead atoms. The van der Waals surface area contributed by atoms with E-state index >= 15 is 0 Å². The third-order valence-electron chi connectivity index (χ3n) is 3.75. The zero-order valence-corrected chi connectivity index (χ0v) is 11.0. The molecule has 2 atom stereocenters. The number of hydrogen-bond donors (Lipinski definition) is 1. The maximum Gasteiger partial charge on any atom is 0.0271 e. The second-order valence-corrected chi connectivity index (χ2v) is 5.25. The Kier molecular flexibility index (Phi) is 5.27. The Bertz CT molecular complexity index is 315. The van der Waals surface area contributed by atoms with Crippen molar-refractivity contribution >= 4 is 11.6 Å². The molecule has 1 fully saturated rings. The number of nitrogens with zero attached hydrogens (tertiary/aromatic N) is 1. The summed E-state index contributed by atoms with van der Waals surface area (Å²) in [6.45, 7) is 2.04. The summed E-state index contributed by atoms with van der Waals surface area (Å²) in [5, 5.41) is 3.55. The van der Waals surface area contributed by atoms with Gasteiger partial charge in [-0.25, -0.2) is 0 Å². The lowest BCUT2D eigenvalue weighted by molar-refractivity contribution is 0.250. The monoisotopic (exact) mass is 252 g/mol. The predicted molar refractivity (Wildman–Crippen MR) is 72.1 cm³/mol. The molecule has 1 heterocycles. The molecule has 0 aromatic carbocycles. The Hall–Kier alpha value is -0.600. The highest BCUT2D eigenvalue weighted by Gasteiger charge is 2.23. The summed E-state index contributed by atoms with van der Waals surface area (Å²) in [5.41, 5.74) is 1.30. The first-order valence-electron chi connectivity index (χ1n) is 6.55. The van der Waals surface area contributed by atoms with Crippen molar-refractivity contribution in [2.75, 3.05) is 12.4 Å². The number of rotatable bonds is 5. The highest BCUT2D eigenvalue weighted by atomic mass is 35.5. The van der Waals surface area contributed by atoms with Gasteiger partial charge >= 0.3 is 0 Å². The molecule has 1 aliphatic carbocycles. The van der Waals surface area contributed by atoms with Crippen molar-refractivity contribution in [1.29, 1.82) is 0 Å². The molecule has 0 aliphatic heterocycles. The number of aromatic nitrogens is 1. The molecule has 0 amide bonds. The van der Waals surface area contributed by atoms with Gasteiger partial charge in [0.15, 0.2) is 0 Å². The lowest BCUT2D eigenvalue weighted by atomic mass is 9.80. The van der Waals surface area contributed by atoms with Gasteiger partial charge in [0, 0.05) is 24.8 Å². The first-order valence-corrected chi connectivity index (χ1v) is 7.09. The molecule has 0 radical (unpaired) electrons. The molecule has 1 saturated carbocycles. The van der Waals surface area contributed by atoms with Gasteiger partial charge in [-0.3, -0.25) is 4.98 Å². The molecule has 2 nitrogen and oxygen atoms in total. The van der Waals surface area contributed by atoms with E-state index in [1.54, 1.807) is 0 Å². The summed E-state index contributed by atoms with van der Waals surface area (Å²) >= 11 is 6.03. The molecule has 17 heavy (non-hydrogen) atoms. The lowest BCUT2D eigenvalue weighted by Crippen LogP contribution is -2.31. The number of halogens is 1. The maximum atomic E-state index is 6.03. The van der Waals surface area contributed by atoms with E-state index < -0.39 is 0 Å². The van der Waals surface area contributed by atoms with E-state index in [-0.39, 0.29) is 0 Å². The van der Waals surface area contributed by atoms with Crippen molar-refractivity contribution in [1.82, 2.24) is 10.3 Å². The van der Waals surface area contributed by atoms with Crippen LogP contribution in [-0.2, 0) is 6.54 Å². The molecule has 3 heteroatoms. The molecule has 1 aliphatic rings. The minimum absolute atomic E-state index is 0.718. The van der Waals surface area contributed by atoms with E-state index in [0.29, 0.717) is 0 Å². The molecule has 0 spiro atoms. The third-order valence-corrected chi connectivity index (χ3v) is 4.15. The Balaban J connectivity index is 1.74. The van der Waals surface area contributed by atoms with Gasteiger partial charge in [-0.05, 0) is 48.9 Å². The van der Waals surface area contributed by atoms with Gasteiger partial charge in [-0.2, -0.15) is 0 Å². The van der Waals surface area contributed by atoms with E-state index in [9.17, 15) is 0 Å². The summed E-state index contributed by atoms with van der Waals surface area (Å²) < 4.78 is 0. The van der Waals surface area contributed by atoms with Crippen LogP contribution < -0.4 is 5.32 Å². The third kappa shape index (κ3) is 3.97. The van der Waals surface area contributed by atoms with Crippen LogP contribution in [0.1, 0.15) is 31.2 Å². The molecule has 1 aromatic rings. The molecule has 94 valence electrons. The Morgan fingerprint density at radius 2 is 1.88 bits per heavy atom. The van der Waals surface area contributed by atoms with Gasteiger partial charge in [0.2, 0.25) is 0 Å². The summed E-state index contributed by atoms with van der Waals surface area (Å²) in [7, 11) is 0. The fourth-order valence-corrected chi connectivity index (χ4v) is 3.07. The summed E-state index contributed by atoms with van der Waals surface area (Å²) in [6, 6.07) is 4.12. The number of pyridine rings is 1. The van der Waals surface area contributed by atoms with Gasteiger partial charge in [0.25, 0.3) is 0 Å². The number of nitrogens with one attached hydrogen (secondary N) is 1. The summed E-state index contributed by atoms with van der Waals surface area (Å²) in [6.07, 6.45) is 9.07. The second-order valence-electron chi connectivity index (χ2n) is 4.95. The molecule has 2 unspecified atom stereocenters. The van der Waals surface area contributed by atoms with E-state index in [4.69, 9.17) is 11.6 Å². The van der Waals surface area contributed by atoms with Gasteiger partial charge in [-0.1, -0.05) is 12.8 Å². The normalized spacial score (nSPS) is 24.8. The maximum absolute atomic E-state index is 6.03. The molecular formula is C14H21ClN2. The van der Waals surface area contributed by atoms with Crippen molar-refractivity contribution in [3.63, 3.8) is 0 Å². The highest BCUT2D eigenvalue weighted by molar-refractivity contribution is 6.18. The van der Waals surface area contributed by atoms with Crippen LogP contribution in [0.4, 0.5) is 0 Å². The van der Waals surface area contributed by atoms with E-state index in [1.807, 2.05) is 12.4 Å². The van der Waals surface area contributed by atoms with E-state index in [0.717, 1.165) is 30.8 Å². The quantitative estimate of drug-likeness (QED) is 0.814.